The highest BCUT2D eigenvalue weighted by Crippen LogP contribution is 2.64. The topological polar surface area (TPSA) is 108 Å². The van der Waals surface area contributed by atoms with Crippen LogP contribution in [-0.2, 0) is 32.2 Å². The Bertz CT molecular complexity index is 1130. The van der Waals surface area contributed by atoms with Gasteiger partial charge in [-0.3, -0.25) is 14.4 Å². The molecule has 5 atom stereocenters. The molecule has 8 heteroatoms. The van der Waals surface area contributed by atoms with E-state index in [0.717, 1.165) is 11.1 Å². The average molecular weight is 492 g/mol. The van der Waals surface area contributed by atoms with Crippen LogP contribution < -0.4 is 10.6 Å². The van der Waals surface area contributed by atoms with Gasteiger partial charge in [0, 0.05) is 19.6 Å². The first-order valence-electron chi connectivity index (χ1n) is 12.7. The monoisotopic (exact) mass is 491 g/mol. The third kappa shape index (κ3) is 3.89. The van der Waals surface area contributed by atoms with Gasteiger partial charge in [-0.25, -0.2) is 0 Å². The minimum Gasteiger partial charge on any atom is -0.395 e. The number of amides is 3. The number of carbonyl (C=O) groups is 3. The minimum absolute atomic E-state index is 0.0152. The van der Waals surface area contributed by atoms with Crippen LogP contribution in [0.2, 0.25) is 0 Å². The third-order valence-electron chi connectivity index (χ3n) is 8.17. The molecule has 190 valence electrons. The summed E-state index contributed by atoms with van der Waals surface area (Å²) < 4.78 is 6.67. The predicted octanol–water partition coefficient (Wildman–Crippen LogP) is 1.77. The molecule has 2 bridgehead atoms. The molecule has 3 aliphatic rings. The average Bonchev–Trinajstić information content (AvgIpc) is 3.51. The van der Waals surface area contributed by atoms with Gasteiger partial charge < -0.3 is 25.4 Å². The van der Waals surface area contributed by atoms with Gasteiger partial charge in [0.05, 0.1) is 24.0 Å². The molecule has 0 saturated carbocycles. The maximum atomic E-state index is 13.8. The van der Waals surface area contributed by atoms with Gasteiger partial charge in [-0.2, -0.15) is 0 Å². The molecule has 3 heterocycles. The van der Waals surface area contributed by atoms with Gasteiger partial charge in [0.1, 0.15) is 11.6 Å². The van der Waals surface area contributed by atoms with Crippen molar-refractivity contribution in [3.8, 4) is 0 Å². The van der Waals surface area contributed by atoms with E-state index in [0.29, 0.717) is 32.4 Å². The van der Waals surface area contributed by atoms with E-state index in [2.05, 4.69) is 10.6 Å². The smallest absolute Gasteiger partial charge is 0.246 e. The summed E-state index contributed by atoms with van der Waals surface area (Å²) in [6.07, 6.45) is 1.69. The van der Waals surface area contributed by atoms with Crippen molar-refractivity contribution in [2.75, 3.05) is 13.2 Å². The van der Waals surface area contributed by atoms with E-state index in [1.807, 2.05) is 67.6 Å². The van der Waals surface area contributed by atoms with Crippen molar-refractivity contribution in [2.24, 2.45) is 11.8 Å². The van der Waals surface area contributed by atoms with Crippen molar-refractivity contribution in [1.82, 2.24) is 15.5 Å². The summed E-state index contributed by atoms with van der Waals surface area (Å²) in [5.74, 6) is -2.30. The van der Waals surface area contributed by atoms with Crippen molar-refractivity contribution in [3.63, 3.8) is 0 Å². The van der Waals surface area contributed by atoms with Crippen molar-refractivity contribution in [3.05, 3.63) is 71.8 Å². The Morgan fingerprint density at radius 3 is 2.11 bits per heavy atom. The molecular weight excluding hydrogens is 458 g/mol. The maximum Gasteiger partial charge on any atom is 0.246 e. The van der Waals surface area contributed by atoms with E-state index >= 15 is 0 Å². The molecule has 2 unspecified atom stereocenters. The van der Waals surface area contributed by atoms with E-state index in [4.69, 9.17) is 4.74 Å². The molecular formula is C28H33N3O5. The van der Waals surface area contributed by atoms with Gasteiger partial charge in [-0.15, -0.1) is 0 Å². The second-order valence-corrected chi connectivity index (χ2v) is 10.00. The second-order valence-electron chi connectivity index (χ2n) is 10.00. The van der Waals surface area contributed by atoms with Crippen LogP contribution in [0.3, 0.4) is 0 Å². The molecule has 0 aliphatic carbocycles. The van der Waals surface area contributed by atoms with E-state index < -0.39 is 29.1 Å². The van der Waals surface area contributed by atoms with Gasteiger partial charge >= 0.3 is 0 Å². The first-order valence-corrected chi connectivity index (χ1v) is 12.7. The number of β-amino-alcohol motifs (C(OH)–C–C–N with tert-alkyl or cyclic N) is 1. The quantitative estimate of drug-likeness (QED) is 0.496. The van der Waals surface area contributed by atoms with E-state index in [9.17, 15) is 19.5 Å². The zero-order chi connectivity index (χ0) is 25.3. The summed E-state index contributed by atoms with van der Waals surface area (Å²) >= 11 is 0. The Labute approximate surface area is 211 Å². The van der Waals surface area contributed by atoms with Crippen LogP contribution in [0.25, 0.3) is 0 Å². The fraction of sp³-hybridized carbons (Fsp3) is 0.464. The number of aliphatic hydroxyl groups is 1. The second kappa shape index (κ2) is 9.67. The Morgan fingerprint density at radius 1 is 0.972 bits per heavy atom. The zero-order valence-corrected chi connectivity index (χ0v) is 20.5. The van der Waals surface area contributed by atoms with Crippen LogP contribution in [0, 0.1) is 11.8 Å². The summed E-state index contributed by atoms with van der Waals surface area (Å²) in [7, 11) is 0. The number of benzene rings is 2. The molecule has 8 nitrogen and oxygen atoms in total. The van der Waals surface area contributed by atoms with Crippen LogP contribution in [0.5, 0.6) is 0 Å². The Morgan fingerprint density at radius 2 is 1.56 bits per heavy atom. The summed E-state index contributed by atoms with van der Waals surface area (Å²) in [4.78, 5) is 42.4. The molecule has 36 heavy (non-hydrogen) atoms. The fourth-order valence-corrected chi connectivity index (χ4v) is 6.54. The van der Waals surface area contributed by atoms with Gasteiger partial charge in [0.25, 0.3) is 0 Å². The summed E-state index contributed by atoms with van der Waals surface area (Å²) in [5.41, 5.74) is 0.0353. The van der Waals surface area contributed by atoms with Crippen LogP contribution >= 0.6 is 0 Å². The first-order chi connectivity index (χ1) is 17.5. The van der Waals surface area contributed by atoms with Crippen molar-refractivity contribution in [2.45, 2.75) is 56.5 Å². The van der Waals surface area contributed by atoms with Crippen LogP contribution in [0.4, 0.5) is 0 Å². The molecule has 3 fully saturated rings. The molecule has 2 aromatic carbocycles. The Kier molecular flexibility index (Phi) is 6.57. The van der Waals surface area contributed by atoms with E-state index in [1.165, 1.54) is 4.90 Å². The lowest BCUT2D eigenvalue weighted by Gasteiger charge is -2.34. The lowest BCUT2D eigenvalue weighted by atomic mass is 9.65. The highest BCUT2D eigenvalue weighted by Gasteiger charge is 2.78. The Balaban J connectivity index is 1.42. The predicted molar refractivity (Wildman–Crippen MR) is 132 cm³/mol. The molecule has 1 spiro atoms. The number of hydrogen-bond donors (Lipinski definition) is 3. The van der Waals surface area contributed by atoms with Gasteiger partial charge in [-0.05, 0) is 30.4 Å². The number of rotatable bonds is 9. The highest BCUT2D eigenvalue weighted by atomic mass is 16.5. The normalized spacial score (nSPS) is 30.3. The number of nitrogens with zero attached hydrogens (tertiary/aromatic N) is 1. The van der Waals surface area contributed by atoms with Crippen molar-refractivity contribution < 1.29 is 24.2 Å². The summed E-state index contributed by atoms with van der Waals surface area (Å²) in [6.45, 7) is 2.38. The van der Waals surface area contributed by atoms with Gasteiger partial charge in [-0.1, -0.05) is 67.6 Å². The lowest BCUT2D eigenvalue weighted by Crippen LogP contribution is -2.55. The van der Waals surface area contributed by atoms with Gasteiger partial charge in [0.2, 0.25) is 17.7 Å². The van der Waals surface area contributed by atoms with Crippen molar-refractivity contribution in [1.29, 1.82) is 0 Å². The number of nitrogens with one attached hydrogen (secondary N) is 2. The van der Waals surface area contributed by atoms with E-state index in [1.54, 1.807) is 0 Å². The number of likely N-dealkylation sites (tertiary alicyclic amines) is 1. The summed E-state index contributed by atoms with van der Waals surface area (Å²) in [5, 5.41) is 15.7. The van der Waals surface area contributed by atoms with E-state index in [-0.39, 0.29) is 30.9 Å². The highest BCUT2D eigenvalue weighted by molar-refractivity contribution is 5.99. The number of carbonyl (C=O) groups excluding carboxylic acids is 3. The molecule has 2 aromatic rings. The number of hydrogen-bond acceptors (Lipinski definition) is 5. The first kappa shape index (κ1) is 24.5. The summed E-state index contributed by atoms with van der Waals surface area (Å²) in [6, 6.07) is 18.3. The zero-order valence-electron chi connectivity index (χ0n) is 20.5. The molecule has 5 rings (SSSR count). The maximum absolute atomic E-state index is 13.8. The largest absolute Gasteiger partial charge is 0.395 e. The van der Waals surface area contributed by atoms with Crippen molar-refractivity contribution >= 4 is 17.7 Å². The molecule has 3 amide bonds. The molecule has 0 radical (unpaired) electrons. The number of fused-ring (bicyclic) bond motifs is 1. The van der Waals surface area contributed by atoms with Crippen LogP contribution in [0.15, 0.2) is 60.7 Å². The standard InChI is InChI=1S/C28H33N3O5/c1-2-27-13-14-28(36-27)22(21(27)24(33)29-17-19-9-5-3-6-10-19)26(35)31(15-16-32)23(28)25(34)30-18-20-11-7-4-8-12-20/h3-12,21-23,32H,2,13-18H2,1H3,(H,29,33)(H,30,34)/t21-,22+,23?,27+,28?/m1/s1. The minimum atomic E-state index is -1.09. The SMILES string of the molecule is CC[C@@]12CCC3(O1)C(C(=O)NCc1ccccc1)N(CCO)C(=O)[C@@H]3[C@@H]2C(=O)NCc1ccccc1. The van der Waals surface area contributed by atoms with Crippen LogP contribution in [0.1, 0.15) is 37.3 Å². The fourth-order valence-electron chi connectivity index (χ4n) is 6.54. The molecule has 3 N–H and O–H groups in total. The molecule has 0 aromatic heterocycles. The van der Waals surface area contributed by atoms with Gasteiger partial charge in [0.15, 0.2) is 0 Å². The lowest BCUT2D eigenvalue weighted by molar-refractivity contribution is -0.148. The molecule has 3 saturated heterocycles. The third-order valence-corrected chi connectivity index (χ3v) is 8.17. The number of aliphatic hydroxyl groups excluding tert-OH is 1. The number of ether oxygens (including phenoxy) is 1. The Hall–Kier alpha value is -3.23. The van der Waals surface area contributed by atoms with Crippen LogP contribution in [-0.4, -0.2) is 58.1 Å². The molecule has 3 aliphatic heterocycles.